The molecule has 0 spiro atoms. The van der Waals surface area contributed by atoms with E-state index in [0.29, 0.717) is 36.4 Å². The van der Waals surface area contributed by atoms with E-state index in [0.717, 1.165) is 5.56 Å². The van der Waals surface area contributed by atoms with Gasteiger partial charge in [-0.2, -0.15) is 4.98 Å². The molecule has 1 aromatic carbocycles. The van der Waals surface area contributed by atoms with Gasteiger partial charge in [-0.15, -0.1) is 0 Å². The van der Waals surface area contributed by atoms with Crippen LogP contribution in [0, 0.1) is 0 Å². The van der Waals surface area contributed by atoms with Gasteiger partial charge in [0, 0.05) is 38.3 Å². The van der Waals surface area contributed by atoms with Gasteiger partial charge in [0.1, 0.15) is 0 Å². The van der Waals surface area contributed by atoms with E-state index in [-0.39, 0.29) is 12.5 Å². The Morgan fingerprint density at radius 1 is 1.29 bits per heavy atom. The minimum atomic E-state index is 0.00697. The minimum Gasteiger partial charge on any atom is -0.383 e. The molecule has 24 heavy (non-hydrogen) atoms. The summed E-state index contributed by atoms with van der Waals surface area (Å²) in [6.45, 7) is 1.78. The van der Waals surface area contributed by atoms with Crippen LogP contribution in [-0.4, -0.2) is 66.7 Å². The first-order valence-corrected chi connectivity index (χ1v) is 7.87. The molecule has 1 amide bonds. The number of carbonyl (C=O) groups excluding carboxylic acids is 1. The summed E-state index contributed by atoms with van der Waals surface area (Å²) in [6, 6.07) is 7.17. The van der Waals surface area contributed by atoms with Crippen LogP contribution in [0.15, 0.2) is 28.8 Å². The second kappa shape index (κ2) is 8.77. The van der Waals surface area contributed by atoms with Crippen LogP contribution in [-0.2, 0) is 16.1 Å². The van der Waals surface area contributed by atoms with Gasteiger partial charge < -0.3 is 14.2 Å². The zero-order valence-electron chi connectivity index (χ0n) is 14.0. The van der Waals surface area contributed by atoms with Gasteiger partial charge in [0.15, 0.2) is 5.82 Å². The van der Waals surface area contributed by atoms with Crippen LogP contribution in [0.4, 0.5) is 0 Å². The molecule has 0 unspecified atom stereocenters. The van der Waals surface area contributed by atoms with Crippen molar-refractivity contribution >= 4 is 17.5 Å². The van der Waals surface area contributed by atoms with E-state index in [4.69, 9.17) is 20.9 Å². The Labute approximate surface area is 146 Å². The second-order valence-corrected chi connectivity index (χ2v) is 5.95. The lowest BCUT2D eigenvalue weighted by molar-refractivity contribution is -0.130. The molecule has 2 aromatic rings. The van der Waals surface area contributed by atoms with Crippen LogP contribution in [0.25, 0.3) is 11.5 Å². The molecule has 0 radical (unpaired) electrons. The highest BCUT2D eigenvalue weighted by atomic mass is 35.5. The Balaban J connectivity index is 2.05. The van der Waals surface area contributed by atoms with Crippen LogP contribution in [0.1, 0.15) is 5.82 Å². The Hall–Kier alpha value is -1.96. The summed E-state index contributed by atoms with van der Waals surface area (Å²) in [5.41, 5.74) is 0.797. The van der Waals surface area contributed by atoms with Crippen molar-refractivity contribution in [2.75, 3.05) is 40.9 Å². The second-order valence-electron chi connectivity index (χ2n) is 5.51. The summed E-state index contributed by atoms with van der Waals surface area (Å²) in [7, 11) is 5.08. The van der Waals surface area contributed by atoms with Crippen molar-refractivity contribution in [3.8, 4) is 11.5 Å². The first-order valence-electron chi connectivity index (χ1n) is 7.49. The molecule has 1 aromatic heterocycles. The number of benzene rings is 1. The van der Waals surface area contributed by atoms with Crippen molar-refractivity contribution in [3.63, 3.8) is 0 Å². The van der Waals surface area contributed by atoms with Crippen molar-refractivity contribution in [3.05, 3.63) is 35.1 Å². The lowest BCUT2D eigenvalue weighted by atomic mass is 10.2. The van der Waals surface area contributed by atoms with Gasteiger partial charge in [0.2, 0.25) is 5.91 Å². The Morgan fingerprint density at radius 2 is 2.00 bits per heavy atom. The maximum atomic E-state index is 11.9. The number of nitrogens with zero attached hydrogens (tertiary/aromatic N) is 4. The Kier molecular flexibility index (Phi) is 6.72. The largest absolute Gasteiger partial charge is 0.383 e. The van der Waals surface area contributed by atoms with Crippen molar-refractivity contribution in [1.82, 2.24) is 19.9 Å². The molecule has 0 aliphatic carbocycles. The summed E-state index contributed by atoms with van der Waals surface area (Å²) in [5.74, 6) is 0.947. The van der Waals surface area contributed by atoms with Gasteiger partial charge in [-0.3, -0.25) is 9.69 Å². The van der Waals surface area contributed by atoms with Crippen LogP contribution in [0.5, 0.6) is 0 Å². The lowest BCUT2D eigenvalue weighted by Gasteiger charge is -2.21. The standard InChI is InChI=1S/C16H21ClN4O3/c1-20(2)15(22)11-21(8-9-23-3)10-14-18-16(24-19-14)12-4-6-13(17)7-5-12/h4-7H,8-11H2,1-3H3. The molecule has 0 atom stereocenters. The zero-order chi connectivity index (χ0) is 17.5. The minimum absolute atomic E-state index is 0.00697. The van der Waals surface area contributed by atoms with Crippen LogP contribution < -0.4 is 0 Å². The summed E-state index contributed by atoms with van der Waals surface area (Å²) >= 11 is 5.87. The lowest BCUT2D eigenvalue weighted by Crippen LogP contribution is -2.38. The fourth-order valence-electron chi connectivity index (χ4n) is 2.00. The normalized spacial score (nSPS) is 11.0. The third-order valence-corrected chi connectivity index (χ3v) is 3.65. The molecule has 0 saturated carbocycles. The molecule has 130 valence electrons. The number of ether oxygens (including phenoxy) is 1. The number of methoxy groups -OCH3 is 1. The third-order valence-electron chi connectivity index (χ3n) is 3.39. The molecule has 0 N–H and O–H groups in total. The van der Waals surface area contributed by atoms with E-state index in [1.807, 2.05) is 17.0 Å². The van der Waals surface area contributed by atoms with Crippen molar-refractivity contribution in [2.24, 2.45) is 0 Å². The molecule has 0 aliphatic rings. The maximum Gasteiger partial charge on any atom is 0.257 e. The van der Waals surface area contributed by atoms with Crippen molar-refractivity contribution in [2.45, 2.75) is 6.54 Å². The third kappa shape index (κ3) is 5.30. The molecule has 0 bridgehead atoms. The van der Waals surface area contributed by atoms with Gasteiger partial charge in [-0.25, -0.2) is 0 Å². The molecule has 7 nitrogen and oxygen atoms in total. The highest BCUT2D eigenvalue weighted by molar-refractivity contribution is 6.30. The molecule has 8 heteroatoms. The number of likely N-dealkylation sites (N-methyl/N-ethyl adjacent to an activating group) is 1. The van der Waals surface area contributed by atoms with Gasteiger partial charge in [-0.1, -0.05) is 16.8 Å². The summed E-state index contributed by atoms with van der Waals surface area (Å²) in [5, 5.41) is 4.63. The fourth-order valence-corrected chi connectivity index (χ4v) is 2.12. The predicted molar refractivity (Wildman–Crippen MR) is 90.6 cm³/mol. The van der Waals surface area contributed by atoms with Gasteiger partial charge in [-0.05, 0) is 24.3 Å². The highest BCUT2D eigenvalue weighted by Crippen LogP contribution is 2.20. The number of hydrogen-bond donors (Lipinski definition) is 0. The smallest absolute Gasteiger partial charge is 0.257 e. The van der Waals surface area contributed by atoms with E-state index in [2.05, 4.69) is 10.1 Å². The van der Waals surface area contributed by atoms with E-state index >= 15 is 0 Å². The summed E-state index contributed by atoms with van der Waals surface area (Å²) in [4.78, 5) is 19.8. The first kappa shape index (κ1) is 18.4. The quantitative estimate of drug-likeness (QED) is 0.723. The molecular weight excluding hydrogens is 332 g/mol. The average molecular weight is 353 g/mol. The fraction of sp³-hybridized carbons (Fsp3) is 0.438. The number of rotatable bonds is 8. The monoisotopic (exact) mass is 352 g/mol. The van der Waals surface area contributed by atoms with Crippen molar-refractivity contribution < 1.29 is 14.1 Å². The van der Waals surface area contributed by atoms with Crippen LogP contribution >= 0.6 is 11.6 Å². The van der Waals surface area contributed by atoms with Crippen LogP contribution in [0.2, 0.25) is 5.02 Å². The molecule has 0 fully saturated rings. The Morgan fingerprint density at radius 3 is 2.62 bits per heavy atom. The number of carbonyl (C=O) groups is 1. The number of aromatic nitrogens is 2. The zero-order valence-corrected chi connectivity index (χ0v) is 14.8. The molecule has 1 heterocycles. The number of halogens is 1. The average Bonchev–Trinajstić information content (AvgIpc) is 3.01. The van der Waals surface area contributed by atoms with Gasteiger partial charge in [0.25, 0.3) is 5.89 Å². The first-order chi connectivity index (χ1) is 11.5. The molecule has 2 rings (SSSR count). The number of hydrogen-bond acceptors (Lipinski definition) is 6. The molecule has 0 aliphatic heterocycles. The summed E-state index contributed by atoms with van der Waals surface area (Å²) in [6.07, 6.45) is 0. The maximum absolute atomic E-state index is 11.9. The van der Waals surface area contributed by atoms with Crippen LogP contribution in [0.3, 0.4) is 0 Å². The van der Waals surface area contributed by atoms with E-state index in [1.54, 1.807) is 38.2 Å². The summed E-state index contributed by atoms with van der Waals surface area (Å²) < 4.78 is 10.4. The number of amides is 1. The Bertz CT molecular complexity index is 658. The predicted octanol–water partition coefficient (Wildman–Crippen LogP) is 1.93. The van der Waals surface area contributed by atoms with Gasteiger partial charge in [0.05, 0.1) is 19.7 Å². The SMILES string of the molecule is COCCN(CC(=O)N(C)C)Cc1noc(-c2ccc(Cl)cc2)n1. The van der Waals surface area contributed by atoms with E-state index in [9.17, 15) is 4.79 Å². The van der Waals surface area contributed by atoms with E-state index < -0.39 is 0 Å². The van der Waals surface area contributed by atoms with E-state index in [1.165, 1.54) is 0 Å². The highest BCUT2D eigenvalue weighted by Gasteiger charge is 2.16. The molecule has 0 saturated heterocycles. The molecular formula is C16H21ClN4O3. The topological polar surface area (TPSA) is 71.7 Å². The van der Waals surface area contributed by atoms with Gasteiger partial charge >= 0.3 is 0 Å². The van der Waals surface area contributed by atoms with Crippen molar-refractivity contribution in [1.29, 1.82) is 0 Å².